The van der Waals surface area contributed by atoms with E-state index in [-0.39, 0.29) is 30.7 Å². The zero-order valence-corrected chi connectivity index (χ0v) is 20.2. The van der Waals surface area contributed by atoms with Gasteiger partial charge in [-0.1, -0.05) is 48.5 Å². The first kappa shape index (κ1) is 23.6. The molecule has 0 aliphatic carbocycles. The van der Waals surface area contributed by atoms with E-state index in [1.54, 1.807) is 41.2 Å². The van der Waals surface area contributed by atoms with E-state index in [1.807, 2.05) is 54.6 Å². The number of anilines is 2. The lowest BCUT2D eigenvalue weighted by atomic mass is 9.98. The first-order chi connectivity index (χ1) is 17.5. The second kappa shape index (κ2) is 10.2. The minimum Gasteiger partial charge on any atom is -0.497 e. The van der Waals surface area contributed by atoms with Crippen molar-refractivity contribution in [3.05, 3.63) is 90.0 Å². The summed E-state index contributed by atoms with van der Waals surface area (Å²) in [5.74, 6) is -0.437. The number of hydrogen-bond acceptors (Lipinski definition) is 4. The van der Waals surface area contributed by atoms with E-state index in [9.17, 15) is 14.4 Å². The molecule has 0 radical (unpaired) electrons. The van der Waals surface area contributed by atoms with Gasteiger partial charge in [0.05, 0.1) is 13.0 Å². The zero-order valence-electron chi connectivity index (χ0n) is 20.2. The van der Waals surface area contributed by atoms with E-state index >= 15 is 0 Å². The third-order valence-electron chi connectivity index (χ3n) is 6.92. The summed E-state index contributed by atoms with van der Waals surface area (Å²) in [6.45, 7) is 0.863. The van der Waals surface area contributed by atoms with E-state index in [1.165, 1.54) is 0 Å². The maximum Gasteiger partial charge on any atom is 0.254 e. The van der Waals surface area contributed by atoms with E-state index in [2.05, 4.69) is 5.32 Å². The molecule has 2 aliphatic heterocycles. The van der Waals surface area contributed by atoms with Crippen LogP contribution in [-0.4, -0.2) is 37.9 Å². The summed E-state index contributed by atoms with van der Waals surface area (Å²) < 4.78 is 5.19. The molecule has 2 atom stereocenters. The van der Waals surface area contributed by atoms with Gasteiger partial charge in [-0.25, -0.2) is 0 Å². The minimum absolute atomic E-state index is 0.0973. The van der Waals surface area contributed by atoms with Crippen molar-refractivity contribution in [1.29, 1.82) is 0 Å². The Morgan fingerprint density at radius 2 is 1.69 bits per heavy atom. The maximum atomic E-state index is 13.8. The molecule has 2 aliphatic rings. The van der Waals surface area contributed by atoms with Gasteiger partial charge in [-0.3, -0.25) is 14.4 Å². The highest BCUT2D eigenvalue weighted by atomic mass is 16.5. The fourth-order valence-corrected chi connectivity index (χ4v) is 5.01. The highest BCUT2D eigenvalue weighted by Gasteiger charge is 2.38. The predicted octanol–water partition coefficient (Wildman–Crippen LogP) is 3.89. The van der Waals surface area contributed by atoms with Crippen LogP contribution in [0.5, 0.6) is 5.75 Å². The highest BCUT2D eigenvalue weighted by Crippen LogP contribution is 2.31. The molecular formula is C29H29N3O4. The molecule has 3 aromatic carbocycles. The van der Waals surface area contributed by atoms with Crippen LogP contribution in [0.1, 0.15) is 30.0 Å². The lowest BCUT2D eigenvalue weighted by molar-refractivity contribution is -0.130. The summed E-state index contributed by atoms with van der Waals surface area (Å²) >= 11 is 0. The number of carbonyl (C=O) groups excluding carboxylic acids is 3. The number of nitrogens with one attached hydrogen (secondary N) is 1. The summed E-state index contributed by atoms with van der Waals surface area (Å²) in [5.41, 5.74) is 3.46. The van der Waals surface area contributed by atoms with Gasteiger partial charge in [0.25, 0.3) is 5.91 Å². The number of fused-ring (bicyclic) bond motifs is 1. The Morgan fingerprint density at radius 3 is 2.44 bits per heavy atom. The molecule has 5 rings (SSSR count). The highest BCUT2D eigenvalue weighted by molar-refractivity contribution is 6.03. The predicted molar refractivity (Wildman–Crippen MR) is 138 cm³/mol. The SMILES string of the molecule is COc1ccc(N2CC(C(=O)NC(C(=O)N3CCCc4ccccc43)c3ccccc3)CC2=O)cc1. The Morgan fingerprint density at radius 1 is 0.972 bits per heavy atom. The molecule has 1 fully saturated rings. The number of methoxy groups -OCH3 is 1. The van der Waals surface area contributed by atoms with Gasteiger partial charge in [0.15, 0.2) is 0 Å². The van der Waals surface area contributed by atoms with Crippen molar-refractivity contribution in [2.24, 2.45) is 5.92 Å². The van der Waals surface area contributed by atoms with Crippen LogP contribution >= 0.6 is 0 Å². The smallest absolute Gasteiger partial charge is 0.254 e. The molecule has 1 saturated heterocycles. The van der Waals surface area contributed by atoms with Gasteiger partial charge in [0.2, 0.25) is 11.8 Å². The van der Waals surface area contributed by atoms with E-state index in [0.717, 1.165) is 35.3 Å². The van der Waals surface area contributed by atoms with E-state index in [0.29, 0.717) is 12.3 Å². The number of hydrogen-bond donors (Lipinski definition) is 1. The molecule has 0 bridgehead atoms. The second-order valence-electron chi connectivity index (χ2n) is 9.18. The summed E-state index contributed by atoms with van der Waals surface area (Å²) in [7, 11) is 1.59. The van der Waals surface area contributed by atoms with Gasteiger partial charge in [-0.15, -0.1) is 0 Å². The first-order valence-electron chi connectivity index (χ1n) is 12.2. The molecule has 184 valence electrons. The van der Waals surface area contributed by atoms with Crippen LogP contribution in [0.15, 0.2) is 78.9 Å². The minimum atomic E-state index is -0.838. The number of aryl methyl sites for hydroxylation is 1. The number of para-hydroxylation sites is 1. The standard InChI is InChI=1S/C29H29N3O4/c1-36-24-15-13-23(14-16-24)32-19-22(18-26(32)33)28(34)30-27(21-9-3-2-4-10-21)29(35)31-17-7-11-20-8-5-6-12-25(20)31/h2-6,8-10,12-16,22,27H,7,11,17-19H2,1H3,(H,30,34). The molecule has 0 aromatic heterocycles. The fraction of sp³-hybridized carbons (Fsp3) is 0.276. The lowest BCUT2D eigenvalue weighted by Gasteiger charge is -2.33. The first-order valence-corrected chi connectivity index (χ1v) is 12.2. The Kier molecular flexibility index (Phi) is 6.71. The number of ether oxygens (including phenoxy) is 1. The van der Waals surface area contributed by atoms with E-state index < -0.39 is 12.0 Å². The van der Waals surface area contributed by atoms with Crippen LogP contribution in [0.2, 0.25) is 0 Å². The monoisotopic (exact) mass is 483 g/mol. The number of amides is 3. The van der Waals surface area contributed by atoms with Gasteiger partial charge >= 0.3 is 0 Å². The van der Waals surface area contributed by atoms with Gasteiger partial charge in [0.1, 0.15) is 11.8 Å². The maximum absolute atomic E-state index is 13.8. The van der Waals surface area contributed by atoms with Crippen LogP contribution in [0, 0.1) is 5.92 Å². The molecule has 3 amide bonds. The van der Waals surface area contributed by atoms with Gasteiger partial charge in [0, 0.05) is 30.9 Å². The van der Waals surface area contributed by atoms with Crippen LogP contribution in [0.4, 0.5) is 11.4 Å². The zero-order chi connectivity index (χ0) is 25.1. The Balaban J connectivity index is 1.36. The number of benzene rings is 3. The Labute approximate surface area is 210 Å². The van der Waals surface area contributed by atoms with Crippen molar-refractivity contribution in [1.82, 2.24) is 5.32 Å². The molecule has 3 aromatic rings. The Bertz CT molecular complexity index is 1260. The van der Waals surface area contributed by atoms with Crippen LogP contribution in [0.25, 0.3) is 0 Å². The summed E-state index contributed by atoms with van der Waals surface area (Å²) in [4.78, 5) is 43.4. The average molecular weight is 484 g/mol. The normalized spacial score (nSPS) is 17.9. The molecule has 2 unspecified atom stereocenters. The van der Waals surface area contributed by atoms with Crippen molar-refractivity contribution in [2.75, 3.05) is 30.0 Å². The van der Waals surface area contributed by atoms with Crippen molar-refractivity contribution in [3.8, 4) is 5.75 Å². The van der Waals surface area contributed by atoms with Crippen LogP contribution < -0.4 is 19.9 Å². The van der Waals surface area contributed by atoms with Gasteiger partial charge in [-0.05, 0) is 54.3 Å². The molecule has 0 saturated carbocycles. The number of rotatable bonds is 6. The molecule has 0 spiro atoms. The lowest BCUT2D eigenvalue weighted by Crippen LogP contribution is -2.46. The molecule has 2 heterocycles. The van der Waals surface area contributed by atoms with Crippen molar-refractivity contribution in [3.63, 3.8) is 0 Å². The summed E-state index contributed by atoms with van der Waals surface area (Å²) in [6.07, 6.45) is 1.89. The second-order valence-corrected chi connectivity index (χ2v) is 9.18. The quantitative estimate of drug-likeness (QED) is 0.577. The molecule has 36 heavy (non-hydrogen) atoms. The summed E-state index contributed by atoms with van der Waals surface area (Å²) in [5, 5.41) is 2.98. The Hall–Kier alpha value is -4.13. The number of nitrogens with zero attached hydrogens (tertiary/aromatic N) is 2. The third kappa shape index (κ3) is 4.69. The third-order valence-corrected chi connectivity index (χ3v) is 6.92. The van der Waals surface area contributed by atoms with Crippen molar-refractivity contribution < 1.29 is 19.1 Å². The van der Waals surface area contributed by atoms with Crippen LogP contribution in [0.3, 0.4) is 0 Å². The van der Waals surface area contributed by atoms with Crippen LogP contribution in [-0.2, 0) is 20.8 Å². The van der Waals surface area contributed by atoms with Crippen molar-refractivity contribution in [2.45, 2.75) is 25.3 Å². The molecule has 1 N–H and O–H groups in total. The fourth-order valence-electron chi connectivity index (χ4n) is 5.01. The van der Waals surface area contributed by atoms with Gasteiger partial charge in [-0.2, -0.15) is 0 Å². The number of carbonyl (C=O) groups is 3. The largest absolute Gasteiger partial charge is 0.497 e. The van der Waals surface area contributed by atoms with Gasteiger partial charge < -0.3 is 19.9 Å². The average Bonchev–Trinajstić information content (AvgIpc) is 3.33. The molecule has 7 nitrogen and oxygen atoms in total. The molecular weight excluding hydrogens is 454 g/mol. The topological polar surface area (TPSA) is 79.0 Å². The van der Waals surface area contributed by atoms with E-state index in [4.69, 9.17) is 4.74 Å². The molecule has 7 heteroatoms. The van der Waals surface area contributed by atoms with Crippen molar-refractivity contribution >= 4 is 29.1 Å². The summed E-state index contributed by atoms with van der Waals surface area (Å²) in [6, 6.07) is 23.6.